The van der Waals surface area contributed by atoms with Gasteiger partial charge in [-0.15, -0.1) is 0 Å². The highest BCUT2D eigenvalue weighted by molar-refractivity contribution is 5.01. The van der Waals surface area contributed by atoms with E-state index in [2.05, 4.69) is 5.10 Å². The van der Waals surface area contributed by atoms with Crippen LogP contribution in [0.2, 0.25) is 0 Å². The molecule has 0 radical (unpaired) electrons. The third-order valence-corrected chi connectivity index (χ3v) is 1.90. The van der Waals surface area contributed by atoms with Gasteiger partial charge in [0, 0.05) is 18.7 Å². The number of aliphatic hydroxyl groups excluding tert-OH is 1. The van der Waals surface area contributed by atoms with E-state index in [4.69, 9.17) is 5.11 Å². The van der Waals surface area contributed by atoms with Crippen LogP contribution in [-0.2, 0) is 6.42 Å². The first kappa shape index (κ1) is 11.1. The Morgan fingerprint density at radius 2 is 2.14 bits per heavy atom. The fourth-order valence-corrected chi connectivity index (χ4v) is 1.08. The molecule has 0 spiro atoms. The summed E-state index contributed by atoms with van der Waals surface area (Å²) in [5.74, 6) is 0. The van der Waals surface area contributed by atoms with Crippen molar-refractivity contribution in [1.29, 1.82) is 0 Å². The monoisotopic (exact) mass is 204 g/mol. The summed E-state index contributed by atoms with van der Waals surface area (Å²) >= 11 is 0. The van der Waals surface area contributed by atoms with Gasteiger partial charge in [-0.2, -0.15) is 5.10 Å². The van der Waals surface area contributed by atoms with Crippen LogP contribution in [0, 0.1) is 0 Å². The van der Waals surface area contributed by atoms with Crippen molar-refractivity contribution in [1.82, 2.24) is 9.78 Å². The molecule has 1 N–H and O–H groups in total. The highest BCUT2D eigenvalue weighted by Crippen LogP contribution is 2.09. The number of rotatable bonds is 4. The lowest BCUT2D eigenvalue weighted by Crippen LogP contribution is -2.20. The normalized spacial score (nSPS) is 13.9. The number of hydrogen-bond donors (Lipinski definition) is 1. The molecule has 0 aromatic carbocycles. The summed E-state index contributed by atoms with van der Waals surface area (Å²) in [6.07, 6.45) is -2.71. The van der Waals surface area contributed by atoms with E-state index in [1.54, 1.807) is 16.9 Å². The minimum Gasteiger partial charge on any atom is -0.387 e. The Morgan fingerprint density at radius 3 is 2.57 bits per heavy atom. The van der Waals surface area contributed by atoms with Crippen molar-refractivity contribution in [2.75, 3.05) is 0 Å². The first-order valence-corrected chi connectivity index (χ1v) is 4.51. The number of halogens is 2. The topological polar surface area (TPSA) is 38.0 Å². The van der Waals surface area contributed by atoms with E-state index in [1.807, 2.05) is 13.8 Å². The summed E-state index contributed by atoms with van der Waals surface area (Å²) in [5, 5.41) is 13.0. The number of hydrogen-bond acceptors (Lipinski definition) is 2. The molecule has 1 heterocycles. The van der Waals surface area contributed by atoms with Gasteiger partial charge in [0.15, 0.2) is 0 Å². The minimum absolute atomic E-state index is 0.0998. The number of aromatic nitrogens is 2. The molecule has 1 unspecified atom stereocenters. The van der Waals surface area contributed by atoms with Crippen LogP contribution < -0.4 is 0 Å². The second-order valence-electron chi connectivity index (χ2n) is 3.49. The third kappa shape index (κ3) is 2.77. The van der Waals surface area contributed by atoms with E-state index in [9.17, 15) is 8.78 Å². The van der Waals surface area contributed by atoms with Gasteiger partial charge in [-0.3, -0.25) is 4.68 Å². The van der Waals surface area contributed by atoms with Crippen LogP contribution in [-0.4, -0.2) is 27.4 Å². The fourth-order valence-electron chi connectivity index (χ4n) is 1.08. The number of nitrogens with zero attached hydrogens (tertiary/aromatic N) is 2. The molecule has 0 amide bonds. The zero-order valence-corrected chi connectivity index (χ0v) is 8.19. The molecule has 0 aliphatic carbocycles. The standard InChI is InChI=1S/C9H14F2N2O/c1-6(2)13-4-3-7(12-13)5-8(14)9(10)11/h3-4,6,8-9,14H,5H2,1-2H3. The van der Waals surface area contributed by atoms with E-state index in [0.717, 1.165) is 0 Å². The predicted molar refractivity (Wildman–Crippen MR) is 48.3 cm³/mol. The van der Waals surface area contributed by atoms with E-state index in [-0.39, 0.29) is 12.5 Å². The second kappa shape index (κ2) is 4.50. The number of aliphatic hydroxyl groups is 1. The van der Waals surface area contributed by atoms with Crippen LogP contribution in [0.25, 0.3) is 0 Å². The lowest BCUT2D eigenvalue weighted by Gasteiger charge is -2.07. The minimum atomic E-state index is -2.71. The molecule has 3 nitrogen and oxygen atoms in total. The molecule has 1 aromatic heterocycles. The average Bonchev–Trinajstić information content (AvgIpc) is 2.52. The molecular formula is C9H14F2N2O. The molecule has 0 saturated carbocycles. The zero-order chi connectivity index (χ0) is 10.7. The highest BCUT2D eigenvalue weighted by Gasteiger charge is 2.18. The Morgan fingerprint density at radius 1 is 1.50 bits per heavy atom. The molecule has 0 aliphatic heterocycles. The van der Waals surface area contributed by atoms with Crippen molar-refractivity contribution in [2.24, 2.45) is 0 Å². The molecule has 14 heavy (non-hydrogen) atoms. The van der Waals surface area contributed by atoms with Gasteiger partial charge < -0.3 is 5.11 Å². The molecule has 0 bridgehead atoms. The van der Waals surface area contributed by atoms with Crippen LogP contribution in [0.3, 0.4) is 0 Å². The van der Waals surface area contributed by atoms with Gasteiger partial charge in [0.2, 0.25) is 0 Å². The highest BCUT2D eigenvalue weighted by atomic mass is 19.3. The summed E-state index contributed by atoms with van der Waals surface area (Å²) in [5.41, 5.74) is 0.492. The summed E-state index contributed by atoms with van der Waals surface area (Å²) in [6.45, 7) is 3.89. The quantitative estimate of drug-likeness (QED) is 0.809. The van der Waals surface area contributed by atoms with Crippen LogP contribution in [0.4, 0.5) is 8.78 Å². The van der Waals surface area contributed by atoms with Crippen LogP contribution in [0.1, 0.15) is 25.6 Å². The van der Waals surface area contributed by atoms with Crippen molar-refractivity contribution >= 4 is 0 Å². The summed E-state index contributed by atoms with van der Waals surface area (Å²) in [4.78, 5) is 0. The Hall–Kier alpha value is -0.970. The molecule has 1 aromatic rings. The smallest absolute Gasteiger partial charge is 0.264 e. The van der Waals surface area contributed by atoms with Crippen molar-refractivity contribution < 1.29 is 13.9 Å². The van der Waals surface area contributed by atoms with Crippen molar-refractivity contribution in [3.63, 3.8) is 0 Å². The average molecular weight is 204 g/mol. The Bertz CT molecular complexity index is 286. The van der Waals surface area contributed by atoms with Gasteiger partial charge in [-0.1, -0.05) is 0 Å². The van der Waals surface area contributed by atoms with E-state index in [0.29, 0.717) is 5.69 Å². The molecule has 0 saturated heterocycles. The maximum absolute atomic E-state index is 12.0. The molecule has 0 aliphatic rings. The SMILES string of the molecule is CC(C)n1ccc(CC(O)C(F)F)n1. The lowest BCUT2D eigenvalue weighted by molar-refractivity contribution is -0.00424. The first-order valence-electron chi connectivity index (χ1n) is 4.51. The van der Waals surface area contributed by atoms with Crippen molar-refractivity contribution in [3.05, 3.63) is 18.0 Å². The van der Waals surface area contributed by atoms with Gasteiger partial charge in [-0.05, 0) is 19.9 Å². The van der Waals surface area contributed by atoms with Gasteiger partial charge in [-0.25, -0.2) is 8.78 Å². The van der Waals surface area contributed by atoms with Gasteiger partial charge in [0.25, 0.3) is 6.43 Å². The van der Waals surface area contributed by atoms with Gasteiger partial charge >= 0.3 is 0 Å². The summed E-state index contributed by atoms with van der Waals surface area (Å²) in [6, 6.07) is 1.85. The van der Waals surface area contributed by atoms with Crippen LogP contribution in [0.5, 0.6) is 0 Å². The predicted octanol–water partition coefficient (Wildman–Crippen LogP) is 1.63. The molecule has 1 rings (SSSR count). The first-order chi connectivity index (χ1) is 6.50. The Balaban J connectivity index is 2.60. The Labute approximate surface area is 81.4 Å². The van der Waals surface area contributed by atoms with E-state index in [1.165, 1.54) is 0 Å². The molecule has 80 valence electrons. The van der Waals surface area contributed by atoms with Crippen molar-refractivity contribution in [3.8, 4) is 0 Å². The van der Waals surface area contributed by atoms with E-state index >= 15 is 0 Å². The zero-order valence-electron chi connectivity index (χ0n) is 8.19. The summed E-state index contributed by atoms with van der Waals surface area (Å²) < 4.78 is 25.7. The van der Waals surface area contributed by atoms with E-state index < -0.39 is 12.5 Å². The maximum atomic E-state index is 12.0. The van der Waals surface area contributed by atoms with Gasteiger partial charge in [0.05, 0.1) is 5.69 Å². The summed E-state index contributed by atoms with van der Waals surface area (Å²) in [7, 11) is 0. The third-order valence-electron chi connectivity index (χ3n) is 1.90. The lowest BCUT2D eigenvalue weighted by atomic mass is 10.2. The second-order valence-corrected chi connectivity index (χ2v) is 3.49. The molecular weight excluding hydrogens is 190 g/mol. The van der Waals surface area contributed by atoms with Crippen molar-refractivity contribution in [2.45, 2.75) is 38.8 Å². The molecule has 0 fully saturated rings. The largest absolute Gasteiger partial charge is 0.387 e. The fraction of sp³-hybridized carbons (Fsp3) is 0.667. The van der Waals surface area contributed by atoms with Crippen LogP contribution >= 0.6 is 0 Å². The van der Waals surface area contributed by atoms with Crippen LogP contribution in [0.15, 0.2) is 12.3 Å². The van der Waals surface area contributed by atoms with Gasteiger partial charge in [0.1, 0.15) is 6.10 Å². The number of alkyl halides is 2. The molecule has 1 atom stereocenters. The molecule has 5 heteroatoms. The maximum Gasteiger partial charge on any atom is 0.264 e. The Kier molecular flexibility index (Phi) is 3.57.